The molecule has 0 saturated heterocycles. The van der Waals surface area contributed by atoms with E-state index >= 15 is 0 Å². The van der Waals surface area contributed by atoms with Gasteiger partial charge in [0.2, 0.25) is 0 Å². The normalized spacial score (nSPS) is 16.2. The number of hydrogen-bond acceptors (Lipinski definition) is 2. The van der Waals surface area contributed by atoms with Gasteiger partial charge in [-0.25, -0.2) is 0 Å². The average Bonchev–Trinajstić information content (AvgIpc) is 2.46. The van der Waals surface area contributed by atoms with E-state index in [4.69, 9.17) is 11.6 Å². The lowest BCUT2D eigenvalue weighted by Crippen LogP contribution is -2.13. The van der Waals surface area contributed by atoms with Crippen LogP contribution in [0.4, 0.5) is 0 Å². The molecule has 0 aliphatic heterocycles. The number of carbonyl (C=O) groups excluding carboxylic acids is 1. The van der Waals surface area contributed by atoms with Gasteiger partial charge in [-0.3, -0.25) is 4.79 Å². The van der Waals surface area contributed by atoms with Gasteiger partial charge in [0.1, 0.15) is 5.75 Å². The van der Waals surface area contributed by atoms with Crippen LogP contribution in [0.5, 0.6) is 5.75 Å². The van der Waals surface area contributed by atoms with Crippen molar-refractivity contribution in [3.63, 3.8) is 0 Å². The summed E-state index contributed by atoms with van der Waals surface area (Å²) in [5.41, 5.74) is 3.14. The number of allylic oxidation sites excluding steroid dienone is 1. The molecule has 3 rings (SSSR count). The minimum Gasteiger partial charge on any atom is -0.507 e. The first-order valence-electron chi connectivity index (χ1n) is 6.47. The zero-order chi connectivity index (χ0) is 14.1. The Morgan fingerprint density at radius 1 is 1.10 bits per heavy atom. The molecule has 1 N–H and O–H groups in total. The van der Waals surface area contributed by atoms with Gasteiger partial charge in [0.15, 0.2) is 5.78 Å². The minimum atomic E-state index is 0.0335. The molecule has 0 atom stereocenters. The lowest BCUT2D eigenvalue weighted by atomic mass is 9.86. The van der Waals surface area contributed by atoms with Gasteiger partial charge in [0.05, 0.1) is 0 Å². The molecule has 1 aliphatic carbocycles. The first kappa shape index (κ1) is 12.9. The van der Waals surface area contributed by atoms with Crippen molar-refractivity contribution in [3.05, 3.63) is 69.8 Å². The third-order valence-electron chi connectivity index (χ3n) is 3.54. The summed E-state index contributed by atoms with van der Waals surface area (Å²) in [6.07, 6.45) is 3.26. The quantitative estimate of drug-likeness (QED) is 0.795. The lowest BCUT2D eigenvalue weighted by Gasteiger charge is -2.17. The number of aromatic hydroxyl groups is 1. The Labute approximate surface area is 122 Å². The van der Waals surface area contributed by atoms with Crippen LogP contribution in [0.15, 0.2) is 48.0 Å². The van der Waals surface area contributed by atoms with E-state index < -0.39 is 0 Å². The van der Waals surface area contributed by atoms with Gasteiger partial charge in [-0.05, 0) is 42.7 Å². The maximum Gasteiger partial charge on any atom is 0.189 e. The van der Waals surface area contributed by atoms with E-state index in [2.05, 4.69) is 0 Å². The molecule has 0 heterocycles. The number of Topliss-reactive ketones (excluding diaryl/α,β-unsaturated/α-hetero) is 1. The standard InChI is InChI=1S/C17H13ClO2/c18-14-7-8-16(19)13(10-14)9-12-6-5-11-3-1-2-4-15(11)17(12)20/h1-4,7-10,19H,5-6H2/b12-9+. The largest absolute Gasteiger partial charge is 0.507 e. The van der Waals surface area contributed by atoms with Crippen LogP contribution in [0.25, 0.3) is 6.08 Å². The molecule has 1 aliphatic rings. The summed E-state index contributed by atoms with van der Waals surface area (Å²) in [6, 6.07) is 12.5. The molecule has 0 fully saturated rings. The number of aryl methyl sites for hydroxylation is 1. The van der Waals surface area contributed by atoms with Crippen molar-refractivity contribution in [3.8, 4) is 5.75 Å². The molecular weight excluding hydrogens is 272 g/mol. The van der Waals surface area contributed by atoms with Crippen molar-refractivity contribution in [1.29, 1.82) is 0 Å². The molecule has 0 aromatic heterocycles. The van der Waals surface area contributed by atoms with Gasteiger partial charge in [-0.15, -0.1) is 0 Å². The van der Waals surface area contributed by atoms with Crippen LogP contribution >= 0.6 is 11.6 Å². The first-order valence-corrected chi connectivity index (χ1v) is 6.84. The fourth-order valence-electron chi connectivity index (χ4n) is 2.48. The second kappa shape index (κ2) is 5.14. The van der Waals surface area contributed by atoms with Crippen molar-refractivity contribution in [1.82, 2.24) is 0 Å². The van der Waals surface area contributed by atoms with Crippen LogP contribution in [-0.4, -0.2) is 10.9 Å². The number of phenolic OH excluding ortho intramolecular Hbond substituents is 1. The van der Waals surface area contributed by atoms with Crippen LogP contribution in [0.3, 0.4) is 0 Å². The van der Waals surface area contributed by atoms with Gasteiger partial charge in [0, 0.05) is 21.7 Å². The predicted octanol–water partition coefficient (Wildman–Crippen LogP) is 4.26. The molecule has 2 aromatic rings. The van der Waals surface area contributed by atoms with E-state index in [-0.39, 0.29) is 11.5 Å². The summed E-state index contributed by atoms with van der Waals surface area (Å²) in [5, 5.41) is 10.4. The van der Waals surface area contributed by atoms with E-state index in [0.29, 0.717) is 22.6 Å². The van der Waals surface area contributed by atoms with Gasteiger partial charge in [0.25, 0.3) is 0 Å². The highest BCUT2D eigenvalue weighted by molar-refractivity contribution is 6.30. The van der Waals surface area contributed by atoms with Gasteiger partial charge in [-0.2, -0.15) is 0 Å². The molecule has 20 heavy (non-hydrogen) atoms. The molecule has 0 saturated carbocycles. The van der Waals surface area contributed by atoms with E-state index in [0.717, 1.165) is 17.5 Å². The summed E-state index contributed by atoms with van der Waals surface area (Å²) in [4.78, 5) is 12.4. The number of carbonyl (C=O) groups is 1. The van der Waals surface area contributed by atoms with E-state index in [9.17, 15) is 9.90 Å². The molecule has 3 heteroatoms. The van der Waals surface area contributed by atoms with Gasteiger partial charge < -0.3 is 5.11 Å². The zero-order valence-electron chi connectivity index (χ0n) is 10.8. The second-order valence-electron chi connectivity index (χ2n) is 4.86. The Balaban J connectivity index is 2.02. The lowest BCUT2D eigenvalue weighted by molar-refractivity contribution is 0.102. The Bertz CT molecular complexity index is 717. The number of benzene rings is 2. The Hall–Kier alpha value is -2.06. The molecular formula is C17H13ClO2. The smallest absolute Gasteiger partial charge is 0.189 e. The van der Waals surface area contributed by atoms with Crippen LogP contribution in [-0.2, 0) is 6.42 Å². The first-order chi connectivity index (χ1) is 9.65. The van der Waals surface area contributed by atoms with Crippen molar-refractivity contribution in [2.24, 2.45) is 0 Å². The van der Waals surface area contributed by atoms with Gasteiger partial charge >= 0.3 is 0 Å². The molecule has 0 unspecified atom stereocenters. The van der Waals surface area contributed by atoms with E-state index in [1.807, 2.05) is 24.3 Å². The maximum absolute atomic E-state index is 12.4. The summed E-state index contributed by atoms with van der Waals surface area (Å²) in [5.74, 6) is 0.166. The Kier molecular flexibility index (Phi) is 3.33. The number of phenols is 1. The van der Waals surface area contributed by atoms with Crippen LogP contribution in [0.1, 0.15) is 27.9 Å². The molecule has 0 bridgehead atoms. The van der Waals surface area contributed by atoms with Crippen molar-refractivity contribution in [2.45, 2.75) is 12.8 Å². The topological polar surface area (TPSA) is 37.3 Å². The average molecular weight is 285 g/mol. The monoisotopic (exact) mass is 284 g/mol. The molecule has 0 radical (unpaired) electrons. The van der Waals surface area contributed by atoms with Crippen molar-refractivity contribution < 1.29 is 9.90 Å². The summed E-state index contributed by atoms with van der Waals surface area (Å²) < 4.78 is 0. The fraction of sp³-hybridized carbons (Fsp3) is 0.118. The molecule has 2 aromatic carbocycles. The summed E-state index contributed by atoms with van der Waals surface area (Å²) >= 11 is 5.93. The number of rotatable bonds is 1. The minimum absolute atomic E-state index is 0.0335. The second-order valence-corrected chi connectivity index (χ2v) is 5.30. The fourth-order valence-corrected chi connectivity index (χ4v) is 2.66. The molecule has 2 nitrogen and oxygen atoms in total. The Morgan fingerprint density at radius 2 is 1.90 bits per heavy atom. The van der Waals surface area contributed by atoms with Crippen molar-refractivity contribution >= 4 is 23.5 Å². The third kappa shape index (κ3) is 2.35. The molecule has 100 valence electrons. The van der Waals surface area contributed by atoms with Crippen LogP contribution in [0, 0.1) is 0 Å². The third-order valence-corrected chi connectivity index (χ3v) is 3.77. The molecule has 0 spiro atoms. The van der Waals surface area contributed by atoms with E-state index in [1.54, 1.807) is 18.2 Å². The zero-order valence-corrected chi connectivity index (χ0v) is 11.5. The van der Waals surface area contributed by atoms with Crippen LogP contribution in [0.2, 0.25) is 5.02 Å². The molecule has 0 amide bonds. The van der Waals surface area contributed by atoms with E-state index in [1.165, 1.54) is 6.07 Å². The predicted molar refractivity (Wildman–Crippen MR) is 80.2 cm³/mol. The van der Waals surface area contributed by atoms with Gasteiger partial charge in [-0.1, -0.05) is 35.9 Å². The Morgan fingerprint density at radius 3 is 2.75 bits per heavy atom. The summed E-state index contributed by atoms with van der Waals surface area (Å²) in [6.45, 7) is 0. The number of hydrogen-bond donors (Lipinski definition) is 1. The van der Waals surface area contributed by atoms with Crippen LogP contribution < -0.4 is 0 Å². The number of fused-ring (bicyclic) bond motifs is 1. The highest BCUT2D eigenvalue weighted by atomic mass is 35.5. The highest BCUT2D eigenvalue weighted by Gasteiger charge is 2.21. The maximum atomic E-state index is 12.4. The highest BCUT2D eigenvalue weighted by Crippen LogP contribution is 2.29. The van der Waals surface area contributed by atoms with Crippen molar-refractivity contribution in [2.75, 3.05) is 0 Å². The SMILES string of the molecule is O=C1/C(=C/c2cc(Cl)ccc2O)CCc2ccccc21. The number of halogens is 1. The number of ketones is 1. The summed E-state index contributed by atoms with van der Waals surface area (Å²) in [7, 11) is 0.